The molecule has 3 saturated heterocycles. The minimum Gasteiger partial charge on any atom is -0.394 e. The van der Waals surface area contributed by atoms with Gasteiger partial charge in [-0.25, -0.2) is 0 Å². The van der Waals surface area contributed by atoms with Crippen molar-refractivity contribution in [2.75, 3.05) is 33.0 Å². The number of amides is 2. The van der Waals surface area contributed by atoms with Crippen LogP contribution in [0.4, 0.5) is 0 Å². The van der Waals surface area contributed by atoms with Crippen molar-refractivity contribution in [3.05, 3.63) is 0 Å². The predicted molar refractivity (Wildman–Crippen MR) is 159 cm³/mol. The fraction of sp³-hybridized carbons (Fsp3) is 0.929. The number of carbonyl (C=O) groups is 2. The molecule has 0 bridgehead atoms. The van der Waals surface area contributed by atoms with Gasteiger partial charge in [-0.05, 0) is 0 Å². The second kappa shape index (κ2) is 19.5. The molecule has 0 spiro atoms. The van der Waals surface area contributed by atoms with Crippen LogP contribution in [0.1, 0.15) is 13.8 Å². The molecule has 0 aromatic heterocycles. The molecule has 51 heavy (non-hydrogen) atoms. The van der Waals surface area contributed by atoms with E-state index in [1.807, 2.05) is 0 Å². The minimum absolute atomic E-state index is 0.719. The van der Waals surface area contributed by atoms with Gasteiger partial charge in [0.2, 0.25) is 11.8 Å². The first-order valence-electron chi connectivity index (χ1n) is 16.0. The first-order chi connectivity index (χ1) is 24.0. The molecule has 3 fully saturated rings. The van der Waals surface area contributed by atoms with Crippen LogP contribution in [0.5, 0.6) is 0 Å². The van der Waals surface area contributed by atoms with Crippen molar-refractivity contribution >= 4 is 11.8 Å². The average molecular weight is 751 g/mol. The summed E-state index contributed by atoms with van der Waals surface area (Å²) in [6.45, 7) is -2.26. The van der Waals surface area contributed by atoms with Crippen molar-refractivity contribution in [1.82, 2.24) is 10.6 Å². The van der Waals surface area contributed by atoms with Gasteiger partial charge in [0, 0.05) is 13.8 Å². The summed E-state index contributed by atoms with van der Waals surface area (Å²) in [4.78, 5) is 23.8. The van der Waals surface area contributed by atoms with Crippen LogP contribution in [-0.4, -0.2) is 228 Å². The molecule has 0 radical (unpaired) electrons. The van der Waals surface area contributed by atoms with E-state index in [2.05, 4.69) is 10.6 Å². The van der Waals surface area contributed by atoms with E-state index in [-0.39, 0.29) is 0 Å². The summed E-state index contributed by atoms with van der Waals surface area (Å²) in [6.07, 6.45) is -30.5. The van der Waals surface area contributed by atoms with E-state index >= 15 is 0 Å². The van der Waals surface area contributed by atoms with Crippen molar-refractivity contribution in [1.29, 1.82) is 0 Å². The Labute approximate surface area is 290 Å². The van der Waals surface area contributed by atoms with Crippen LogP contribution < -0.4 is 10.6 Å². The second-order valence-corrected chi connectivity index (χ2v) is 12.4. The minimum atomic E-state index is -2.01. The lowest BCUT2D eigenvalue weighted by molar-refractivity contribution is -0.351. The Bertz CT molecular complexity index is 1090. The maximum Gasteiger partial charge on any atom is 0.217 e. The van der Waals surface area contributed by atoms with E-state index in [0.717, 1.165) is 13.8 Å². The summed E-state index contributed by atoms with van der Waals surface area (Å²) in [7, 11) is 0. The van der Waals surface area contributed by atoms with Gasteiger partial charge < -0.3 is 105 Å². The number of aliphatic hydroxyl groups is 13. The van der Waals surface area contributed by atoms with E-state index < -0.39 is 161 Å². The number of ether oxygens (including phenoxy) is 6. The van der Waals surface area contributed by atoms with Crippen LogP contribution in [-0.2, 0) is 38.0 Å². The zero-order valence-corrected chi connectivity index (χ0v) is 27.6. The normalized spacial score (nSPS) is 41.3. The van der Waals surface area contributed by atoms with Crippen molar-refractivity contribution in [3.8, 4) is 0 Å². The number of rotatable bonds is 16. The van der Waals surface area contributed by atoms with Crippen LogP contribution in [0.3, 0.4) is 0 Å². The molecule has 298 valence electrons. The largest absolute Gasteiger partial charge is 0.394 e. The molecular formula is C28H50N2O21. The Morgan fingerprint density at radius 1 is 0.667 bits per heavy atom. The van der Waals surface area contributed by atoms with Crippen LogP contribution in [0.15, 0.2) is 0 Å². The summed E-state index contributed by atoms with van der Waals surface area (Å²) in [6, 6.07) is -3.07. The van der Waals surface area contributed by atoms with E-state index in [0.29, 0.717) is 0 Å². The molecule has 3 rings (SSSR count). The highest BCUT2D eigenvalue weighted by Gasteiger charge is 2.52. The van der Waals surface area contributed by atoms with E-state index in [4.69, 9.17) is 28.4 Å². The van der Waals surface area contributed by atoms with Gasteiger partial charge in [-0.3, -0.25) is 9.59 Å². The zero-order chi connectivity index (χ0) is 38.3. The van der Waals surface area contributed by atoms with Crippen LogP contribution in [0.25, 0.3) is 0 Å². The fourth-order valence-corrected chi connectivity index (χ4v) is 5.85. The number of aliphatic hydroxyl groups excluding tert-OH is 13. The lowest BCUT2D eigenvalue weighted by Crippen LogP contribution is -2.67. The first-order valence-corrected chi connectivity index (χ1v) is 16.0. The van der Waals surface area contributed by atoms with E-state index in [1.54, 1.807) is 0 Å². The third-order valence-electron chi connectivity index (χ3n) is 8.65. The summed E-state index contributed by atoms with van der Waals surface area (Å²) < 4.78 is 33.1. The fourth-order valence-electron chi connectivity index (χ4n) is 5.85. The standard InChI is InChI=1S/C28H50N2O21/c1-8(35)29-10(3-31)16(38)24(50-27-22(44)20(42)17(39)12(4-32)47-27)11(37)7-46-26-15(30-9(2)36)19(41)25(14(6-34)49-26)51-28-23(45)21(43)18(40)13(5-33)48-28/h10-28,31-34,37-45H,3-7H2,1-2H3,(H,29,35)(H,30,36)/t10-,11+,12+,13+,14+,15+,16+,17-,18-,19+,20-,21-,22+,23+,24-,25+,26+,27-,28-/m0/s1. The lowest BCUT2D eigenvalue weighted by atomic mass is 9.95. The number of hydrogen-bond donors (Lipinski definition) is 15. The van der Waals surface area contributed by atoms with Crippen molar-refractivity contribution in [2.45, 2.75) is 130 Å². The zero-order valence-electron chi connectivity index (χ0n) is 27.6. The van der Waals surface area contributed by atoms with Crippen molar-refractivity contribution in [3.63, 3.8) is 0 Å². The smallest absolute Gasteiger partial charge is 0.217 e. The van der Waals surface area contributed by atoms with E-state index in [1.165, 1.54) is 0 Å². The molecule has 3 aliphatic rings. The number of nitrogens with one attached hydrogen (secondary N) is 2. The SMILES string of the molecule is CC(=O)N[C@H]1[C@H](OC[C@@H](O)[C@H](O[C@@H]2O[C@H](CO)[C@H](O)[C@H](O)[C@H]2O)[C@H](O)[C@H](CO)NC(C)=O)O[C@H](CO)[C@@H](O[C@@H]2O[C@H](CO)[C@H](O)[C@H](O)[C@H]2O)[C@@H]1O. The van der Waals surface area contributed by atoms with Gasteiger partial charge in [0.15, 0.2) is 18.9 Å². The van der Waals surface area contributed by atoms with E-state index in [9.17, 15) is 76.0 Å². The summed E-state index contributed by atoms with van der Waals surface area (Å²) in [5.41, 5.74) is 0. The third-order valence-corrected chi connectivity index (χ3v) is 8.65. The molecule has 0 aliphatic carbocycles. The predicted octanol–water partition coefficient (Wildman–Crippen LogP) is -9.83. The molecular weight excluding hydrogens is 700 g/mol. The highest BCUT2D eigenvalue weighted by Crippen LogP contribution is 2.31. The maximum atomic E-state index is 12.1. The molecule has 19 atom stereocenters. The summed E-state index contributed by atoms with van der Waals surface area (Å²) >= 11 is 0. The van der Waals surface area contributed by atoms with Crippen LogP contribution in [0, 0.1) is 0 Å². The van der Waals surface area contributed by atoms with Crippen molar-refractivity contribution < 1.29 is 104 Å². The van der Waals surface area contributed by atoms with Gasteiger partial charge in [-0.1, -0.05) is 0 Å². The first kappa shape index (κ1) is 43.6. The second-order valence-electron chi connectivity index (χ2n) is 12.4. The summed E-state index contributed by atoms with van der Waals surface area (Å²) in [5, 5.41) is 139. The molecule has 0 unspecified atom stereocenters. The Hall–Kier alpha value is -1.82. The van der Waals surface area contributed by atoms with Gasteiger partial charge >= 0.3 is 0 Å². The molecule has 0 aromatic rings. The Morgan fingerprint density at radius 2 is 1.18 bits per heavy atom. The molecule has 3 heterocycles. The van der Waals surface area contributed by atoms with Gasteiger partial charge in [0.25, 0.3) is 0 Å². The molecule has 2 amide bonds. The molecule has 23 heteroatoms. The lowest BCUT2D eigenvalue weighted by Gasteiger charge is -2.47. The number of hydrogen-bond acceptors (Lipinski definition) is 21. The van der Waals surface area contributed by atoms with Gasteiger partial charge in [0.05, 0.1) is 39.1 Å². The quantitative estimate of drug-likeness (QED) is 0.0696. The number of carbonyl (C=O) groups excluding carboxylic acids is 2. The monoisotopic (exact) mass is 750 g/mol. The third kappa shape index (κ3) is 10.4. The molecule has 0 saturated carbocycles. The Morgan fingerprint density at radius 3 is 1.67 bits per heavy atom. The van der Waals surface area contributed by atoms with Crippen LogP contribution >= 0.6 is 0 Å². The maximum absolute atomic E-state index is 12.1. The highest BCUT2D eigenvalue weighted by molar-refractivity contribution is 5.73. The molecule has 15 N–H and O–H groups in total. The average Bonchev–Trinajstić information content (AvgIpc) is 3.09. The van der Waals surface area contributed by atoms with Gasteiger partial charge in [-0.2, -0.15) is 0 Å². The Kier molecular flexibility index (Phi) is 16.7. The Balaban J connectivity index is 1.84. The summed E-state index contributed by atoms with van der Waals surface area (Å²) in [5.74, 6) is -1.46. The van der Waals surface area contributed by atoms with Gasteiger partial charge in [0.1, 0.15) is 91.5 Å². The van der Waals surface area contributed by atoms with Crippen LogP contribution in [0.2, 0.25) is 0 Å². The topological polar surface area (TPSA) is 377 Å². The van der Waals surface area contributed by atoms with Gasteiger partial charge in [-0.15, -0.1) is 0 Å². The molecule has 0 aromatic carbocycles. The molecule has 23 nitrogen and oxygen atoms in total. The highest BCUT2D eigenvalue weighted by atomic mass is 16.7. The van der Waals surface area contributed by atoms with Crippen molar-refractivity contribution in [2.24, 2.45) is 0 Å². The molecule has 3 aliphatic heterocycles.